The zero-order valence-corrected chi connectivity index (χ0v) is 9.22. The van der Waals surface area contributed by atoms with E-state index in [1.54, 1.807) is 19.2 Å². The van der Waals surface area contributed by atoms with Gasteiger partial charge in [0.15, 0.2) is 5.78 Å². The molecule has 1 aromatic carbocycles. The number of nitrogens with zero attached hydrogens (tertiary/aromatic N) is 1. The maximum absolute atomic E-state index is 11.7. The van der Waals surface area contributed by atoms with E-state index in [9.17, 15) is 4.79 Å². The van der Waals surface area contributed by atoms with Crippen LogP contribution in [0.25, 0.3) is 0 Å². The van der Waals surface area contributed by atoms with Crippen LogP contribution in [0.3, 0.4) is 0 Å². The van der Waals surface area contributed by atoms with Crippen molar-refractivity contribution in [2.24, 2.45) is 0 Å². The van der Waals surface area contributed by atoms with Crippen molar-refractivity contribution in [3.63, 3.8) is 0 Å². The molecule has 1 N–H and O–H groups in total. The van der Waals surface area contributed by atoms with E-state index in [1.807, 2.05) is 13.8 Å². The summed E-state index contributed by atoms with van der Waals surface area (Å²) in [6.45, 7) is 4.11. The van der Waals surface area contributed by atoms with Gasteiger partial charge in [0.05, 0.1) is 18.2 Å². The molecule has 1 aromatic rings. The van der Waals surface area contributed by atoms with Crippen LogP contribution in [0.4, 0.5) is 0 Å². The first kappa shape index (κ1) is 11.4. The second-order valence-corrected chi connectivity index (χ2v) is 3.53. The van der Waals surface area contributed by atoms with Gasteiger partial charge < -0.3 is 5.32 Å². The van der Waals surface area contributed by atoms with Gasteiger partial charge in [-0.15, -0.1) is 0 Å². The molecule has 0 saturated carbocycles. The fraction of sp³-hybridized carbons (Fsp3) is 0.333. The van der Waals surface area contributed by atoms with Gasteiger partial charge in [-0.1, -0.05) is 0 Å². The fourth-order valence-electron chi connectivity index (χ4n) is 1.47. The van der Waals surface area contributed by atoms with Crippen LogP contribution in [-0.2, 0) is 0 Å². The summed E-state index contributed by atoms with van der Waals surface area (Å²) in [7, 11) is 1.73. The van der Waals surface area contributed by atoms with Crippen molar-refractivity contribution in [2.75, 3.05) is 13.6 Å². The Kier molecular flexibility index (Phi) is 3.59. The molecule has 0 aliphatic carbocycles. The minimum absolute atomic E-state index is 0.0233. The molecule has 0 aliphatic heterocycles. The first-order valence-electron chi connectivity index (χ1n) is 4.79. The lowest BCUT2D eigenvalue weighted by Crippen LogP contribution is -2.19. The quantitative estimate of drug-likeness (QED) is 0.757. The number of likely N-dealkylation sites (N-methyl/N-ethyl adjacent to an activating group) is 1. The van der Waals surface area contributed by atoms with Crippen molar-refractivity contribution < 1.29 is 4.79 Å². The lowest BCUT2D eigenvalue weighted by molar-refractivity contribution is 0.0993. The van der Waals surface area contributed by atoms with Gasteiger partial charge in [-0.05, 0) is 44.2 Å². The molecule has 3 heteroatoms. The summed E-state index contributed by atoms with van der Waals surface area (Å²) in [5, 5.41) is 11.6. The minimum Gasteiger partial charge on any atom is -0.313 e. The smallest absolute Gasteiger partial charge is 0.176 e. The third-order valence-corrected chi connectivity index (χ3v) is 2.43. The predicted molar refractivity (Wildman–Crippen MR) is 58.9 cm³/mol. The standard InChI is InChI=1S/C12H14N2O/c1-8-4-10(6-13)5-11(9(8)2)12(15)7-14-3/h4-5,14H,7H2,1-3H3. The predicted octanol–water partition coefficient (Wildman–Crippen LogP) is 1.58. The van der Waals surface area contributed by atoms with Crippen LogP contribution >= 0.6 is 0 Å². The van der Waals surface area contributed by atoms with Crippen molar-refractivity contribution in [3.8, 4) is 6.07 Å². The van der Waals surface area contributed by atoms with Crippen molar-refractivity contribution in [1.82, 2.24) is 5.32 Å². The Morgan fingerprint density at radius 3 is 2.67 bits per heavy atom. The molecule has 1 rings (SSSR count). The Morgan fingerprint density at radius 2 is 2.13 bits per heavy atom. The second-order valence-electron chi connectivity index (χ2n) is 3.53. The number of benzene rings is 1. The first-order chi connectivity index (χ1) is 7.10. The summed E-state index contributed by atoms with van der Waals surface area (Å²) in [6.07, 6.45) is 0. The van der Waals surface area contributed by atoms with Crippen molar-refractivity contribution in [1.29, 1.82) is 5.26 Å². The van der Waals surface area contributed by atoms with Crippen molar-refractivity contribution in [2.45, 2.75) is 13.8 Å². The molecule has 0 radical (unpaired) electrons. The third kappa shape index (κ3) is 2.42. The number of carbonyl (C=O) groups excluding carboxylic acids is 1. The van der Waals surface area contributed by atoms with Gasteiger partial charge >= 0.3 is 0 Å². The molecule has 0 unspecified atom stereocenters. The highest BCUT2D eigenvalue weighted by Gasteiger charge is 2.11. The number of rotatable bonds is 3. The first-order valence-corrected chi connectivity index (χ1v) is 4.79. The van der Waals surface area contributed by atoms with Gasteiger partial charge in [0, 0.05) is 5.56 Å². The van der Waals surface area contributed by atoms with E-state index >= 15 is 0 Å². The fourth-order valence-corrected chi connectivity index (χ4v) is 1.47. The summed E-state index contributed by atoms with van der Waals surface area (Å²) >= 11 is 0. The lowest BCUT2D eigenvalue weighted by atomic mass is 9.97. The zero-order chi connectivity index (χ0) is 11.4. The Hall–Kier alpha value is -1.66. The number of ketones is 1. The van der Waals surface area contributed by atoms with E-state index in [1.165, 1.54) is 0 Å². The molecule has 0 heterocycles. The topological polar surface area (TPSA) is 52.9 Å². The van der Waals surface area contributed by atoms with E-state index in [2.05, 4.69) is 11.4 Å². The number of carbonyl (C=O) groups is 1. The molecule has 0 fully saturated rings. The van der Waals surface area contributed by atoms with Gasteiger partial charge in [0.25, 0.3) is 0 Å². The zero-order valence-electron chi connectivity index (χ0n) is 9.22. The number of Topliss-reactive ketones (excluding diaryl/α,β-unsaturated/α-hetero) is 1. The van der Waals surface area contributed by atoms with Crippen molar-refractivity contribution >= 4 is 5.78 Å². The average molecular weight is 202 g/mol. The highest BCUT2D eigenvalue weighted by molar-refractivity contribution is 5.99. The van der Waals surface area contributed by atoms with Gasteiger partial charge in [0.1, 0.15) is 0 Å². The average Bonchev–Trinajstić information content (AvgIpc) is 2.22. The van der Waals surface area contributed by atoms with Gasteiger partial charge in [-0.2, -0.15) is 5.26 Å². The van der Waals surface area contributed by atoms with E-state index in [0.717, 1.165) is 11.1 Å². The second kappa shape index (κ2) is 4.72. The Labute approximate surface area is 89.7 Å². The maximum Gasteiger partial charge on any atom is 0.176 e. The highest BCUT2D eigenvalue weighted by Crippen LogP contribution is 2.16. The molecule has 0 saturated heterocycles. The Bertz CT molecular complexity index is 430. The summed E-state index contributed by atoms with van der Waals surface area (Å²) in [5.74, 6) is 0.0233. The molecule has 0 aliphatic rings. The largest absolute Gasteiger partial charge is 0.313 e. The molecule has 0 spiro atoms. The molecule has 3 nitrogen and oxygen atoms in total. The molecule has 0 bridgehead atoms. The van der Waals surface area contributed by atoms with Crippen molar-refractivity contribution in [3.05, 3.63) is 34.4 Å². The number of nitriles is 1. The SMILES string of the molecule is CNCC(=O)c1cc(C#N)cc(C)c1C. The number of hydrogen-bond acceptors (Lipinski definition) is 3. The van der Waals surface area contributed by atoms with Crippen LogP contribution in [0.15, 0.2) is 12.1 Å². The van der Waals surface area contributed by atoms with E-state index in [4.69, 9.17) is 5.26 Å². The summed E-state index contributed by atoms with van der Waals surface area (Å²) in [4.78, 5) is 11.7. The molecule has 0 atom stereocenters. The molecule has 15 heavy (non-hydrogen) atoms. The summed E-state index contributed by atoms with van der Waals surface area (Å²) in [6, 6.07) is 5.51. The van der Waals surface area contributed by atoms with Crippen LogP contribution in [0.2, 0.25) is 0 Å². The van der Waals surface area contributed by atoms with Crippen LogP contribution in [0.1, 0.15) is 27.0 Å². The normalized spacial score (nSPS) is 9.73. The number of hydrogen-bond donors (Lipinski definition) is 1. The number of aryl methyl sites for hydroxylation is 1. The molecule has 78 valence electrons. The monoisotopic (exact) mass is 202 g/mol. The summed E-state index contributed by atoms with van der Waals surface area (Å²) < 4.78 is 0. The van der Waals surface area contributed by atoms with E-state index in [-0.39, 0.29) is 5.78 Å². The Morgan fingerprint density at radius 1 is 1.47 bits per heavy atom. The van der Waals surface area contributed by atoms with E-state index < -0.39 is 0 Å². The molecular weight excluding hydrogens is 188 g/mol. The van der Waals surface area contributed by atoms with Crippen LogP contribution in [0.5, 0.6) is 0 Å². The minimum atomic E-state index is 0.0233. The third-order valence-electron chi connectivity index (χ3n) is 2.43. The van der Waals surface area contributed by atoms with Crippen LogP contribution < -0.4 is 5.32 Å². The maximum atomic E-state index is 11.7. The molecular formula is C12H14N2O. The summed E-state index contributed by atoms with van der Waals surface area (Å²) in [5.41, 5.74) is 3.11. The molecule has 0 amide bonds. The van der Waals surface area contributed by atoms with Gasteiger partial charge in [0.2, 0.25) is 0 Å². The van der Waals surface area contributed by atoms with Gasteiger partial charge in [-0.3, -0.25) is 4.79 Å². The van der Waals surface area contributed by atoms with Crippen LogP contribution in [0, 0.1) is 25.2 Å². The lowest BCUT2D eigenvalue weighted by Gasteiger charge is -2.08. The Balaban J connectivity index is 3.23. The highest BCUT2D eigenvalue weighted by atomic mass is 16.1. The van der Waals surface area contributed by atoms with Crippen LogP contribution in [-0.4, -0.2) is 19.4 Å². The molecule has 0 aromatic heterocycles. The number of nitrogens with one attached hydrogen (secondary N) is 1. The van der Waals surface area contributed by atoms with Gasteiger partial charge in [-0.25, -0.2) is 0 Å². The van der Waals surface area contributed by atoms with E-state index in [0.29, 0.717) is 17.7 Å².